The summed E-state index contributed by atoms with van der Waals surface area (Å²) in [5.41, 5.74) is 6.10. The van der Waals surface area contributed by atoms with Gasteiger partial charge in [-0.1, -0.05) is 42.5 Å². The fraction of sp³-hybridized carbons (Fsp3) is 0.382. The summed E-state index contributed by atoms with van der Waals surface area (Å²) < 4.78 is 11.7. The molecule has 8 rings (SSSR count). The summed E-state index contributed by atoms with van der Waals surface area (Å²) >= 11 is 0. The topological polar surface area (TPSA) is 51.3 Å². The van der Waals surface area contributed by atoms with Gasteiger partial charge in [-0.25, -0.2) is 4.79 Å². The monoisotopic (exact) mass is 505 g/mol. The molecular formula is C34H35NO3. The molecule has 194 valence electrons. The van der Waals surface area contributed by atoms with Crippen LogP contribution < -0.4 is 4.74 Å². The van der Waals surface area contributed by atoms with Crippen LogP contribution in [0.25, 0.3) is 27.9 Å². The van der Waals surface area contributed by atoms with Crippen LogP contribution >= 0.6 is 0 Å². The summed E-state index contributed by atoms with van der Waals surface area (Å²) in [7, 11) is 0. The first-order chi connectivity index (χ1) is 18.6. The quantitative estimate of drug-likeness (QED) is 0.205. The largest absolute Gasteiger partial charge is 0.489 e. The molecule has 4 heteroatoms. The van der Waals surface area contributed by atoms with Crippen LogP contribution in [0.15, 0.2) is 66.7 Å². The number of hydrogen-bond acceptors (Lipinski definition) is 3. The number of benzene rings is 3. The van der Waals surface area contributed by atoms with Crippen molar-refractivity contribution in [2.75, 3.05) is 6.61 Å². The van der Waals surface area contributed by atoms with Gasteiger partial charge in [0.25, 0.3) is 0 Å². The number of hydrogen-bond donors (Lipinski definition) is 1. The lowest BCUT2D eigenvalue weighted by Gasteiger charge is -2.57. The number of nitrogens with one attached hydrogen (secondary N) is 1. The van der Waals surface area contributed by atoms with Gasteiger partial charge in [0.2, 0.25) is 0 Å². The highest BCUT2D eigenvalue weighted by atomic mass is 16.5. The number of esters is 1. The SMILES string of the molecule is CCOC(=O)/C=C/c1ccc2c(c1)[nH]c1c(C34CC5CC(CC(C5)C3)C4)c(OCc3ccccc3)ccc12. The second-order valence-corrected chi connectivity index (χ2v) is 11.8. The van der Waals surface area contributed by atoms with Crippen LogP contribution in [0.4, 0.5) is 0 Å². The van der Waals surface area contributed by atoms with E-state index < -0.39 is 0 Å². The van der Waals surface area contributed by atoms with Gasteiger partial charge in [-0.15, -0.1) is 0 Å². The predicted molar refractivity (Wildman–Crippen MR) is 152 cm³/mol. The molecule has 3 aromatic carbocycles. The molecule has 4 bridgehead atoms. The Balaban J connectivity index is 1.34. The van der Waals surface area contributed by atoms with Crippen molar-refractivity contribution in [2.45, 2.75) is 57.5 Å². The zero-order chi connectivity index (χ0) is 25.7. The molecule has 4 aromatic rings. The van der Waals surface area contributed by atoms with Gasteiger partial charge in [-0.2, -0.15) is 0 Å². The molecule has 0 spiro atoms. The van der Waals surface area contributed by atoms with Crippen LogP contribution in [0, 0.1) is 17.8 Å². The molecule has 1 heterocycles. The number of fused-ring (bicyclic) bond motifs is 3. The minimum Gasteiger partial charge on any atom is -0.489 e. The fourth-order valence-corrected chi connectivity index (χ4v) is 8.23. The van der Waals surface area contributed by atoms with Crippen LogP contribution in [0.5, 0.6) is 5.75 Å². The van der Waals surface area contributed by atoms with Crippen LogP contribution in [-0.2, 0) is 21.6 Å². The van der Waals surface area contributed by atoms with Crippen LogP contribution in [0.1, 0.15) is 62.1 Å². The summed E-state index contributed by atoms with van der Waals surface area (Å²) in [4.78, 5) is 15.7. The zero-order valence-corrected chi connectivity index (χ0v) is 22.0. The van der Waals surface area contributed by atoms with Gasteiger partial charge in [-0.3, -0.25) is 0 Å². The number of carbonyl (C=O) groups is 1. The average Bonchev–Trinajstić information content (AvgIpc) is 3.28. The number of H-pyrrole nitrogens is 1. The summed E-state index contributed by atoms with van der Waals surface area (Å²) in [5.74, 6) is 3.28. The Bertz CT molecular complexity index is 1490. The van der Waals surface area contributed by atoms with Gasteiger partial charge in [0.05, 0.1) is 12.1 Å². The minimum atomic E-state index is -0.312. The average molecular weight is 506 g/mol. The van der Waals surface area contributed by atoms with Crippen molar-refractivity contribution in [1.82, 2.24) is 4.98 Å². The molecule has 0 amide bonds. The van der Waals surface area contributed by atoms with Crippen LogP contribution in [-0.4, -0.2) is 17.6 Å². The van der Waals surface area contributed by atoms with Crippen molar-refractivity contribution in [3.8, 4) is 5.75 Å². The van der Waals surface area contributed by atoms with E-state index in [1.54, 1.807) is 0 Å². The van der Waals surface area contributed by atoms with Crippen molar-refractivity contribution in [1.29, 1.82) is 0 Å². The molecule has 4 aliphatic carbocycles. The Morgan fingerprint density at radius 2 is 1.66 bits per heavy atom. The normalized spacial score (nSPS) is 26.0. The van der Waals surface area contributed by atoms with Gasteiger partial charge in [0, 0.05) is 33.3 Å². The Morgan fingerprint density at radius 3 is 2.37 bits per heavy atom. The van der Waals surface area contributed by atoms with E-state index in [1.165, 1.54) is 72.0 Å². The molecule has 0 saturated heterocycles. The van der Waals surface area contributed by atoms with Crippen LogP contribution in [0.2, 0.25) is 0 Å². The van der Waals surface area contributed by atoms with Gasteiger partial charge in [0.15, 0.2) is 0 Å². The Hall–Kier alpha value is -3.53. The zero-order valence-electron chi connectivity index (χ0n) is 22.0. The van der Waals surface area contributed by atoms with Crippen molar-refractivity contribution in [3.05, 3.63) is 83.4 Å². The molecule has 1 aromatic heterocycles. The summed E-state index contributed by atoms with van der Waals surface area (Å²) in [6.45, 7) is 2.78. The lowest BCUT2D eigenvalue weighted by atomic mass is 9.48. The van der Waals surface area contributed by atoms with Crippen molar-refractivity contribution in [3.63, 3.8) is 0 Å². The summed E-state index contributed by atoms with van der Waals surface area (Å²) in [6, 6.07) is 21.3. The smallest absolute Gasteiger partial charge is 0.330 e. The third kappa shape index (κ3) is 4.11. The maximum atomic E-state index is 11.8. The molecule has 4 nitrogen and oxygen atoms in total. The van der Waals surface area contributed by atoms with Crippen LogP contribution in [0.3, 0.4) is 0 Å². The van der Waals surface area contributed by atoms with E-state index in [0.717, 1.165) is 34.6 Å². The summed E-state index contributed by atoms with van der Waals surface area (Å²) in [5, 5.41) is 2.48. The third-order valence-electron chi connectivity index (χ3n) is 9.26. The van der Waals surface area contributed by atoms with E-state index in [1.807, 2.05) is 13.0 Å². The number of rotatable bonds is 7. The first-order valence-corrected chi connectivity index (χ1v) is 14.2. The molecular weight excluding hydrogens is 470 g/mol. The molecule has 0 radical (unpaired) electrons. The molecule has 0 atom stereocenters. The number of carbonyl (C=O) groups excluding carboxylic acids is 1. The standard InChI is InChI=1S/C34H35NO3/c1-2-37-31(36)13-9-22-8-10-27-28-11-12-30(38-21-23-6-4-3-5-7-23)32(33(28)35-29(27)17-22)34-18-24-14-25(19-34)16-26(15-24)20-34/h3-13,17,24-26,35H,2,14-16,18-21H2,1H3/b13-9+. The molecule has 1 N–H and O–H groups in total. The van der Waals surface area contributed by atoms with Gasteiger partial charge in [0.1, 0.15) is 12.4 Å². The number of aromatic nitrogens is 1. The predicted octanol–water partition coefficient (Wildman–Crippen LogP) is 7.94. The van der Waals surface area contributed by atoms with Crippen molar-refractivity contribution >= 4 is 33.9 Å². The van der Waals surface area contributed by atoms with Crippen molar-refractivity contribution < 1.29 is 14.3 Å². The van der Waals surface area contributed by atoms with Gasteiger partial charge < -0.3 is 14.5 Å². The number of aromatic amines is 1. The molecule has 4 fully saturated rings. The highest BCUT2D eigenvalue weighted by Crippen LogP contribution is 2.63. The highest BCUT2D eigenvalue weighted by Gasteiger charge is 2.53. The van der Waals surface area contributed by atoms with Gasteiger partial charge in [-0.05, 0) is 98.6 Å². The van der Waals surface area contributed by atoms with E-state index in [4.69, 9.17) is 9.47 Å². The first-order valence-electron chi connectivity index (χ1n) is 14.2. The highest BCUT2D eigenvalue weighted by molar-refractivity contribution is 6.09. The minimum absolute atomic E-state index is 0.188. The lowest BCUT2D eigenvalue weighted by molar-refractivity contribution is -0.137. The Kier molecular flexibility index (Phi) is 5.79. The third-order valence-corrected chi connectivity index (χ3v) is 9.26. The van der Waals surface area contributed by atoms with E-state index in [0.29, 0.717) is 13.2 Å². The van der Waals surface area contributed by atoms with Crippen molar-refractivity contribution in [2.24, 2.45) is 17.8 Å². The van der Waals surface area contributed by atoms with Gasteiger partial charge >= 0.3 is 5.97 Å². The number of ether oxygens (including phenoxy) is 2. The maximum Gasteiger partial charge on any atom is 0.330 e. The van der Waals surface area contributed by atoms with E-state index in [9.17, 15) is 4.79 Å². The fourth-order valence-electron chi connectivity index (χ4n) is 8.23. The first kappa shape index (κ1) is 23.6. The Labute approximate surface area is 224 Å². The lowest BCUT2D eigenvalue weighted by Crippen LogP contribution is -2.48. The molecule has 38 heavy (non-hydrogen) atoms. The summed E-state index contributed by atoms with van der Waals surface area (Å²) in [6.07, 6.45) is 11.4. The van der Waals surface area contributed by atoms with E-state index >= 15 is 0 Å². The molecule has 4 saturated carbocycles. The maximum absolute atomic E-state index is 11.8. The molecule has 4 aliphatic rings. The van der Waals surface area contributed by atoms with E-state index in [2.05, 4.69) is 65.6 Å². The van der Waals surface area contributed by atoms with E-state index in [-0.39, 0.29) is 11.4 Å². The Morgan fingerprint density at radius 1 is 0.947 bits per heavy atom. The molecule has 0 unspecified atom stereocenters. The second kappa shape index (κ2) is 9.34. The second-order valence-electron chi connectivity index (χ2n) is 11.8. The molecule has 0 aliphatic heterocycles.